The second kappa shape index (κ2) is 9.63. The van der Waals surface area contributed by atoms with Gasteiger partial charge >= 0.3 is 0 Å². The van der Waals surface area contributed by atoms with Gasteiger partial charge in [-0.25, -0.2) is 0 Å². The third-order valence-electron chi connectivity index (χ3n) is 5.85. The Kier molecular flexibility index (Phi) is 7.42. The molecule has 0 bridgehead atoms. The summed E-state index contributed by atoms with van der Waals surface area (Å²) in [5.41, 5.74) is 5.43. The summed E-state index contributed by atoms with van der Waals surface area (Å²) in [5, 5.41) is 0.242. The largest absolute Gasteiger partial charge is 0.338 e. The summed E-state index contributed by atoms with van der Waals surface area (Å²) in [6.07, 6.45) is 0.176. The van der Waals surface area contributed by atoms with Crippen LogP contribution in [0.25, 0.3) is 0 Å². The molecule has 0 saturated carbocycles. The van der Waals surface area contributed by atoms with Crippen molar-refractivity contribution in [1.29, 1.82) is 0 Å². The lowest BCUT2D eigenvalue weighted by molar-refractivity contribution is 0.0851. The first-order valence-electron chi connectivity index (χ1n) is 10.8. The van der Waals surface area contributed by atoms with Crippen LogP contribution in [0.5, 0.6) is 0 Å². The summed E-state index contributed by atoms with van der Waals surface area (Å²) >= 11 is 7.69. The van der Waals surface area contributed by atoms with E-state index in [1.54, 1.807) is 0 Å². The van der Waals surface area contributed by atoms with Gasteiger partial charge in [-0.1, -0.05) is 107 Å². The molecule has 0 spiro atoms. The topological polar surface area (TPSA) is 6.48 Å². The highest BCUT2D eigenvalue weighted by molar-refractivity contribution is 8.23. The van der Waals surface area contributed by atoms with E-state index < -0.39 is 0 Å². The SMILES string of the molecule is CCN1C(=S)SC(c2ccc(C(C)C)cc2)N(CC)C1c1ccc(C(C)C)cc1. The van der Waals surface area contributed by atoms with Gasteiger partial charge in [-0.15, -0.1) is 0 Å². The Bertz CT molecular complexity index is 812. The van der Waals surface area contributed by atoms with Gasteiger partial charge in [0.1, 0.15) is 10.5 Å². The third kappa shape index (κ3) is 4.70. The molecule has 0 aromatic heterocycles. The van der Waals surface area contributed by atoms with E-state index in [2.05, 4.69) is 99.9 Å². The van der Waals surface area contributed by atoms with E-state index in [0.717, 1.165) is 17.4 Å². The van der Waals surface area contributed by atoms with Crippen molar-refractivity contribution in [2.75, 3.05) is 13.1 Å². The smallest absolute Gasteiger partial charge is 0.139 e. The van der Waals surface area contributed by atoms with Crippen LogP contribution < -0.4 is 0 Å². The van der Waals surface area contributed by atoms with Crippen molar-refractivity contribution in [1.82, 2.24) is 9.80 Å². The first-order valence-corrected chi connectivity index (χ1v) is 12.1. The van der Waals surface area contributed by atoms with Gasteiger partial charge in [-0.2, -0.15) is 0 Å². The quantitative estimate of drug-likeness (QED) is 0.447. The zero-order chi connectivity index (χ0) is 21.1. The maximum atomic E-state index is 5.88. The molecule has 29 heavy (non-hydrogen) atoms. The molecular weight excluding hydrogens is 392 g/mol. The zero-order valence-corrected chi connectivity index (χ0v) is 20.2. The van der Waals surface area contributed by atoms with Crippen LogP contribution in [0.4, 0.5) is 0 Å². The molecule has 2 nitrogen and oxygen atoms in total. The van der Waals surface area contributed by atoms with E-state index in [-0.39, 0.29) is 11.5 Å². The maximum absolute atomic E-state index is 5.88. The predicted molar refractivity (Wildman–Crippen MR) is 131 cm³/mol. The second-order valence-electron chi connectivity index (χ2n) is 8.37. The standard InChI is InChI=1S/C25H34N2S2/c1-7-26-23(21-13-9-19(10-14-21)17(3)4)27(8-2)25(28)29-24(26)22-15-11-20(12-16-22)18(5)6/h9-18,23-24H,7-8H2,1-6H3. The van der Waals surface area contributed by atoms with Crippen LogP contribution in [-0.4, -0.2) is 27.2 Å². The van der Waals surface area contributed by atoms with Gasteiger partial charge in [0, 0.05) is 6.54 Å². The highest BCUT2D eigenvalue weighted by atomic mass is 32.2. The fourth-order valence-electron chi connectivity index (χ4n) is 4.01. The number of thioether (sulfide) groups is 1. The van der Waals surface area contributed by atoms with Gasteiger partial charge in [0.05, 0.1) is 5.37 Å². The molecule has 0 N–H and O–H groups in total. The normalized spacial score (nSPS) is 20.7. The van der Waals surface area contributed by atoms with Crippen LogP contribution in [0.15, 0.2) is 48.5 Å². The Hall–Kier alpha value is -1.36. The maximum Gasteiger partial charge on any atom is 0.139 e. The van der Waals surface area contributed by atoms with Crippen molar-refractivity contribution in [2.45, 2.75) is 64.9 Å². The number of nitrogens with zero attached hydrogens (tertiary/aromatic N) is 2. The van der Waals surface area contributed by atoms with Crippen molar-refractivity contribution >= 4 is 28.3 Å². The molecule has 1 heterocycles. The monoisotopic (exact) mass is 426 g/mol. The first kappa shape index (κ1) is 22.3. The van der Waals surface area contributed by atoms with Crippen LogP contribution in [0.2, 0.25) is 0 Å². The lowest BCUT2D eigenvalue weighted by Crippen LogP contribution is -2.48. The minimum Gasteiger partial charge on any atom is -0.338 e. The van der Waals surface area contributed by atoms with E-state index in [1.165, 1.54) is 22.3 Å². The van der Waals surface area contributed by atoms with Crippen molar-refractivity contribution in [3.8, 4) is 0 Å². The number of hydrogen-bond donors (Lipinski definition) is 0. The Morgan fingerprint density at radius 2 is 1.28 bits per heavy atom. The summed E-state index contributed by atoms with van der Waals surface area (Å²) in [7, 11) is 0. The van der Waals surface area contributed by atoms with E-state index in [9.17, 15) is 0 Å². The van der Waals surface area contributed by atoms with Crippen molar-refractivity contribution < 1.29 is 0 Å². The van der Waals surface area contributed by atoms with E-state index in [0.29, 0.717) is 11.8 Å². The van der Waals surface area contributed by atoms with Gasteiger partial charge in [-0.05, 0) is 47.6 Å². The number of benzene rings is 2. The molecule has 0 amide bonds. The molecule has 156 valence electrons. The lowest BCUT2D eigenvalue weighted by Gasteiger charge is -2.48. The summed E-state index contributed by atoms with van der Waals surface area (Å²) < 4.78 is 0.994. The first-order chi connectivity index (χ1) is 13.9. The van der Waals surface area contributed by atoms with Crippen LogP contribution >= 0.6 is 24.0 Å². The Labute approximate surface area is 186 Å². The summed E-state index contributed by atoms with van der Waals surface area (Å²) in [6.45, 7) is 15.3. The van der Waals surface area contributed by atoms with Gasteiger partial charge in [0.2, 0.25) is 0 Å². The summed E-state index contributed by atoms with van der Waals surface area (Å²) in [4.78, 5) is 4.95. The average molecular weight is 427 g/mol. The molecule has 0 aliphatic carbocycles. The van der Waals surface area contributed by atoms with Crippen LogP contribution in [0.3, 0.4) is 0 Å². The fourth-order valence-corrected chi connectivity index (χ4v) is 5.76. The Morgan fingerprint density at radius 1 is 0.793 bits per heavy atom. The summed E-state index contributed by atoms with van der Waals surface area (Å²) in [5.74, 6) is 1.10. The number of thiocarbonyl (C=S) groups is 1. The molecule has 1 aliphatic heterocycles. The predicted octanol–water partition coefficient (Wildman–Crippen LogP) is 7.31. The van der Waals surface area contributed by atoms with E-state index in [4.69, 9.17) is 12.2 Å². The lowest BCUT2D eigenvalue weighted by atomic mass is 9.99. The second-order valence-corrected chi connectivity index (χ2v) is 10.1. The van der Waals surface area contributed by atoms with Gasteiger partial charge in [-0.3, -0.25) is 4.90 Å². The van der Waals surface area contributed by atoms with Crippen LogP contribution in [-0.2, 0) is 0 Å². The van der Waals surface area contributed by atoms with E-state index in [1.807, 2.05) is 11.8 Å². The molecule has 3 rings (SSSR count). The minimum atomic E-state index is 0.176. The van der Waals surface area contributed by atoms with Crippen molar-refractivity contribution in [3.05, 3.63) is 70.8 Å². The van der Waals surface area contributed by atoms with Crippen molar-refractivity contribution in [2.24, 2.45) is 0 Å². The third-order valence-corrected chi connectivity index (χ3v) is 7.58. The molecule has 1 aliphatic rings. The van der Waals surface area contributed by atoms with E-state index >= 15 is 0 Å². The molecule has 2 atom stereocenters. The molecule has 0 radical (unpaired) electrons. The molecular formula is C25H34N2S2. The molecule has 2 aromatic carbocycles. The van der Waals surface area contributed by atoms with Gasteiger partial charge in [0.15, 0.2) is 0 Å². The Morgan fingerprint density at radius 3 is 1.69 bits per heavy atom. The molecule has 2 aromatic rings. The summed E-state index contributed by atoms with van der Waals surface area (Å²) in [6, 6.07) is 18.3. The van der Waals surface area contributed by atoms with Crippen molar-refractivity contribution in [3.63, 3.8) is 0 Å². The highest BCUT2D eigenvalue weighted by Crippen LogP contribution is 2.46. The van der Waals surface area contributed by atoms with Gasteiger partial charge in [0.25, 0.3) is 0 Å². The molecule has 1 saturated heterocycles. The van der Waals surface area contributed by atoms with Gasteiger partial charge < -0.3 is 4.90 Å². The minimum absolute atomic E-state index is 0.176. The molecule has 4 heteroatoms. The van der Waals surface area contributed by atoms with Crippen LogP contribution in [0.1, 0.15) is 87.2 Å². The molecule has 1 fully saturated rings. The average Bonchev–Trinajstić information content (AvgIpc) is 2.73. The highest BCUT2D eigenvalue weighted by Gasteiger charge is 2.39. The Balaban J connectivity index is 1.98. The fraction of sp³-hybridized carbons (Fsp3) is 0.480. The number of rotatable bonds is 6. The zero-order valence-electron chi connectivity index (χ0n) is 18.6. The number of hydrogen-bond acceptors (Lipinski definition) is 3. The molecule has 2 unspecified atom stereocenters. The van der Waals surface area contributed by atoms with Crippen LogP contribution in [0, 0.1) is 0 Å².